The van der Waals surface area contributed by atoms with E-state index in [1.54, 1.807) is 4.90 Å². The molecule has 7 nitrogen and oxygen atoms in total. The van der Waals surface area contributed by atoms with Crippen molar-refractivity contribution in [1.29, 1.82) is 0 Å². The van der Waals surface area contributed by atoms with E-state index in [0.29, 0.717) is 25.1 Å². The van der Waals surface area contributed by atoms with Crippen LogP contribution in [-0.2, 0) is 11.2 Å². The third-order valence-electron chi connectivity index (χ3n) is 4.64. The minimum atomic E-state index is -1.13. The molecular weight excluding hydrogens is 308 g/mol. The summed E-state index contributed by atoms with van der Waals surface area (Å²) >= 11 is 0. The first-order valence-corrected chi connectivity index (χ1v) is 7.97. The van der Waals surface area contributed by atoms with Crippen molar-refractivity contribution >= 4 is 11.9 Å². The van der Waals surface area contributed by atoms with E-state index in [1.807, 2.05) is 32.0 Å². The van der Waals surface area contributed by atoms with Gasteiger partial charge in [-0.25, -0.2) is 4.79 Å². The highest BCUT2D eigenvalue weighted by atomic mass is 16.4. The zero-order valence-corrected chi connectivity index (χ0v) is 13.7. The number of aromatic nitrogens is 3. The number of carbonyl (C=O) groups excluding carboxylic acids is 1. The van der Waals surface area contributed by atoms with Gasteiger partial charge in [0, 0.05) is 6.54 Å². The molecule has 2 N–H and O–H groups in total. The first-order valence-electron chi connectivity index (χ1n) is 7.97. The average molecular weight is 328 g/mol. The Morgan fingerprint density at radius 2 is 2.00 bits per heavy atom. The minimum absolute atomic E-state index is 0.00533. The molecule has 1 fully saturated rings. The molecule has 3 rings (SSSR count). The molecule has 2 aromatic rings. The zero-order chi connectivity index (χ0) is 17.3. The highest BCUT2D eigenvalue weighted by Gasteiger charge is 2.35. The van der Waals surface area contributed by atoms with E-state index in [9.17, 15) is 14.7 Å². The second-order valence-electron chi connectivity index (χ2n) is 6.15. The number of nitrogens with zero attached hydrogens (tertiary/aromatic N) is 3. The van der Waals surface area contributed by atoms with Gasteiger partial charge in [0.1, 0.15) is 5.69 Å². The molecule has 1 amide bonds. The molecule has 1 saturated heterocycles. The Bertz CT molecular complexity index is 764. The SMILES string of the molecule is Cc1cccc(C)c1CC(=O)N1CCCC1c1n[nH]nc1C(=O)O. The number of carboxylic acid groups (broad SMARTS) is 1. The lowest BCUT2D eigenvalue weighted by molar-refractivity contribution is -0.131. The van der Waals surface area contributed by atoms with E-state index >= 15 is 0 Å². The van der Waals surface area contributed by atoms with Crippen LogP contribution in [0, 0.1) is 13.8 Å². The summed E-state index contributed by atoms with van der Waals surface area (Å²) in [5.74, 6) is -1.14. The van der Waals surface area contributed by atoms with Crippen molar-refractivity contribution in [1.82, 2.24) is 20.3 Å². The van der Waals surface area contributed by atoms with Crippen LogP contribution in [0.3, 0.4) is 0 Å². The van der Waals surface area contributed by atoms with Crippen LogP contribution in [0.4, 0.5) is 0 Å². The van der Waals surface area contributed by atoms with E-state index in [1.165, 1.54) is 0 Å². The third kappa shape index (κ3) is 2.89. The molecule has 2 heterocycles. The molecule has 0 bridgehead atoms. The van der Waals surface area contributed by atoms with Crippen molar-refractivity contribution in [2.75, 3.05) is 6.54 Å². The summed E-state index contributed by atoms with van der Waals surface area (Å²) < 4.78 is 0. The fraction of sp³-hybridized carbons (Fsp3) is 0.412. The standard InChI is InChI=1S/C17H20N4O3/c1-10-5-3-6-11(2)12(10)9-14(22)21-8-4-7-13(21)15-16(17(23)24)19-20-18-15/h3,5-6,13H,4,7-9H2,1-2H3,(H,23,24)(H,18,19,20). The van der Waals surface area contributed by atoms with Gasteiger partial charge < -0.3 is 10.0 Å². The molecule has 1 aromatic heterocycles. The van der Waals surface area contributed by atoms with Crippen LogP contribution >= 0.6 is 0 Å². The number of hydrogen-bond acceptors (Lipinski definition) is 4. The predicted octanol–water partition coefficient (Wildman–Crippen LogP) is 2.03. The lowest BCUT2D eigenvalue weighted by atomic mass is 9.99. The fourth-order valence-electron chi connectivity index (χ4n) is 3.36. The molecule has 1 aromatic carbocycles. The number of carbonyl (C=O) groups is 2. The number of aromatic carboxylic acids is 1. The number of carboxylic acids is 1. The van der Waals surface area contributed by atoms with Crippen molar-refractivity contribution in [3.8, 4) is 0 Å². The summed E-state index contributed by atoms with van der Waals surface area (Å²) in [4.78, 5) is 25.8. The van der Waals surface area contributed by atoms with Gasteiger partial charge in [0.2, 0.25) is 5.91 Å². The Morgan fingerprint density at radius 3 is 2.67 bits per heavy atom. The summed E-state index contributed by atoms with van der Waals surface area (Å²) in [6, 6.07) is 5.65. The van der Waals surface area contributed by atoms with Crippen LogP contribution in [0.15, 0.2) is 18.2 Å². The molecule has 1 unspecified atom stereocenters. The van der Waals surface area contributed by atoms with Crippen LogP contribution in [0.1, 0.15) is 51.8 Å². The Balaban J connectivity index is 1.84. The maximum absolute atomic E-state index is 12.8. The summed E-state index contributed by atoms with van der Waals surface area (Å²) in [6.07, 6.45) is 1.84. The van der Waals surface area contributed by atoms with E-state index < -0.39 is 5.97 Å². The fourth-order valence-corrected chi connectivity index (χ4v) is 3.36. The number of aromatic amines is 1. The highest BCUT2D eigenvalue weighted by molar-refractivity contribution is 5.87. The molecular formula is C17H20N4O3. The van der Waals surface area contributed by atoms with Crippen LogP contribution in [0.5, 0.6) is 0 Å². The Labute approximate surface area is 139 Å². The average Bonchev–Trinajstić information content (AvgIpc) is 3.18. The Kier molecular flexibility index (Phi) is 4.33. The lowest BCUT2D eigenvalue weighted by Crippen LogP contribution is -2.33. The molecule has 0 spiro atoms. The molecule has 24 heavy (non-hydrogen) atoms. The van der Waals surface area contributed by atoms with Crippen LogP contribution < -0.4 is 0 Å². The Morgan fingerprint density at radius 1 is 1.29 bits per heavy atom. The quantitative estimate of drug-likeness (QED) is 0.894. The van der Waals surface area contributed by atoms with Gasteiger partial charge in [-0.15, -0.1) is 5.10 Å². The van der Waals surface area contributed by atoms with Crippen LogP contribution in [-0.4, -0.2) is 43.8 Å². The second kappa shape index (κ2) is 6.43. The van der Waals surface area contributed by atoms with E-state index in [4.69, 9.17) is 0 Å². The van der Waals surface area contributed by atoms with Crippen LogP contribution in [0.25, 0.3) is 0 Å². The van der Waals surface area contributed by atoms with Crippen molar-refractivity contribution in [3.05, 3.63) is 46.3 Å². The first kappa shape index (κ1) is 16.2. The molecule has 126 valence electrons. The molecule has 1 atom stereocenters. The van der Waals surface area contributed by atoms with E-state index in [2.05, 4.69) is 15.4 Å². The zero-order valence-electron chi connectivity index (χ0n) is 13.7. The number of aryl methyl sites for hydroxylation is 2. The predicted molar refractivity (Wildman–Crippen MR) is 86.7 cm³/mol. The molecule has 7 heteroatoms. The molecule has 1 aliphatic rings. The second-order valence-corrected chi connectivity index (χ2v) is 6.15. The van der Waals surface area contributed by atoms with E-state index in [0.717, 1.165) is 23.1 Å². The highest BCUT2D eigenvalue weighted by Crippen LogP contribution is 2.32. The largest absolute Gasteiger partial charge is 0.476 e. The van der Waals surface area contributed by atoms with Gasteiger partial charge in [0.05, 0.1) is 12.5 Å². The van der Waals surface area contributed by atoms with Crippen molar-refractivity contribution in [3.63, 3.8) is 0 Å². The number of rotatable bonds is 4. The van der Waals surface area contributed by atoms with Crippen molar-refractivity contribution in [2.45, 2.75) is 39.2 Å². The van der Waals surface area contributed by atoms with Crippen LogP contribution in [0.2, 0.25) is 0 Å². The first-order chi connectivity index (χ1) is 11.5. The normalized spacial score (nSPS) is 17.2. The monoisotopic (exact) mass is 328 g/mol. The minimum Gasteiger partial charge on any atom is -0.476 e. The number of nitrogens with one attached hydrogen (secondary N) is 1. The topological polar surface area (TPSA) is 99.2 Å². The Hall–Kier alpha value is -2.70. The van der Waals surface area contributed by atoms with Crippen molar-refractivity contribution < 1.29 is 14.7 Å². The summed E-state index contributed by atoms with van der Waals surface area (Å²) in [7, 11) is 0. The maximum atomic E-state index is 12.8. The smallest absolute Gasteiger partial charge is 0.358 e. The lowest BCUT2D eigenvalue weighted by Gasteiger charge is -2.24. The van der Waals surface area contributed by atoms with Gasteiger partial charge in [-0.1, -0.05) is 18.2 Å². The number of benzene rings is 1. The number of H-pyrrole nitrogens is 1. The third-order valence-corrected chi connectivity index (χ3v) is 4.64. The summed E-state index contributed by atoms with van der Waals surface area (Å²) in [6.45, 7) is 4.61. The molecule has 0 aliphatic carbocycles. The van der Waals surface area contributed by atoms with Gasteiger partial charge in [-0.3, -0.25) is 4.79 Å². The number of amides is 1. The molecule has 0 radical (unpaired) electrons. The molecule has 0 saturated carbocycles. The summed E-state index contributed by atoms with van der Waals surface area (Å²) in [5, 5.41) is 19.3. The van der Waals surface area contributed by atoms with Crippen molar-refractivity contribution in [2.24, 2.45) is 0 Å². The van der Waals surface area contributed by atoms with Gasteiger partial charge in [0.15, 0.2) is 5.69 Å². The molecule has 1 aliphatic heterocycles. The number of hydrogen-bond donors (Lipinski definition) is 2. The van der Waals surface area contributed by atoms with Gasteiger partial charge >= 0.3 is 5.97 Å². The van der Waals surface area contributed by atoms with Gasteiger partial charge in [-0.05, 0) is 43.4 Å². The number of likely N-dealkylation sites (tertiary alicyclic amines) is 1. The van der Waals surface area contributed by atoms with Gasteiger partial charge in [0.25, 0.3) is 0 Å². The van der Waals surface area contributed by atoms with E-state index in [-0.39, 0.29) is 17.6 Å². The maximum Gasteiger partial charge on any atom is 0.358 e. The van der Waals surface area contributed by atoms with Gasteiger partial charge in [-0.2, -0.15) is 10.3 Å². The summed E-state index contributed by atoms with van der Waals surface area (Å²) in [5.41, 5.74) is 3.45.